The summed E-state index contributed by atoms with van der Waals surface area (Å²) >= 11 is 12.5. The first-order valence-corrected chi connectivity index (χ1v) is 10.1. The molecule has 0 saturated heterocycles. The molecule has 6 heteroatoms. The van der Waals surface area contributed by atoms with Crippen LogP contribution in [-0.2, 0) is 11.2 Å². The molecule has 0 spiro atoms. The Labute approximate surface area is 186 Å². The molecule has 3 aromatic carbocycles. The molecule has 0 saturated carbocycles. The SMILES string of the molecule is C=C(C)COc1ccc(NC(=O)Cc2ccccc2Nc2c(Cl)cccc2Cl)cc1. The molecule has 0 aliphatic heterocycles. The highest BCUT2D eigenvalue weighted by molar-refractivity contribution is 6.39. The van der Waals surface area contributed by atoms with Crippen molar-refractivity contribution in [3.8, 4) is 5.75 Å². The Morgan fingerprint density at radius 3 is 2.30 bits per heavy atom. The Morgan fingerprint density at radius 2 is 1.63 bits per heavy atom. The Hall–Kier alpha value is -2.95. The highest BCUT2D eigenvalue weighted by Crippen LogP contribution is 2.33. The van der Waals surface area contributed by atoms with Crippen molar-refractivity contribution in [3.05, 3.63) is 94.5 Å². The second-order valence-electron chi connectivity index (χ2n) is 6.87. The van der Waals surface area contributed by atoms with Gasteiger partial charge in [0.1, 0.15) is 12.4 Å². The predicted molar refractivity (Wildman–Crippen MR) is 125 cm³/mol. The molecule has 0 aromatic heterocycles. The largest absolute Gasteiger partial charge is 0.489 e. The normalized spacial score (nSPS) is 10.4. The smallest absolute Gasteiger partial charge is 0.228 e. The number of benzene rings is 3. The topological polar surface area (TPSA) is 50.4 Å². The zero-order valence-electron chi connectivity index (χ0n) is 16.5. The van der Waals surface area contributed by atoms with E-state index in [1.807, 2.05) is 43.3 Å². The number of hydrogen-bond donors (Lipinski definition) is 2. The van der Waals surface area contributed by atoms with Gasteiger partial charge in [0.05, 0.1) is 22.2 Å². The summed E-state index contributed by atoms with van der Waals surface area (Å²) in [6.07, 6.45) is 0.194. The van der Waals surface area contributed by atoms with Gasteiger partial charge in [-0.05, 0) is 60.5 Å². The van der Waals surface area contributed by atoms with Crippen LogP contribution in [0.3, 0.4) is 0 Å². The van der Waals surface area contributed by atoms with E-state index in [4.69, 9.17) is 27.9 Å². The third kappa shape index (κ3) is 6.02. The summed E-state index contributed by atoms with van der Waals surface area (Å²) in [6.45, 7) is 6.18. The second kappa shape index (κ2) is 10.2. The van der Waals surface area contributed by atoms with Crippen LogP contribution >= 0.6 is 23.2 Å². The lowest BCUT2D eigenvalue weighted by Gasteiger charge is -2.14. The second-order valence-corrected chi connectivity index (χ2v) is 7.69. The molecule has 2 N–H and O–H groups in total. The van der Waals surface area contributed by atoms with E-state index in [9.17, 15) is 4.79 Å². The fraction of sp³-hybridized carbons (Fsp3) is 0.125. The molecule has 0 unspecified atom stereocenters. The molecule has 0 heterocycles. The average Bonchev–Trinajstić information content (AvgIpc) is 2.71. The van der Waals surface area contributed by atoms with Gasteiger partial charge in [-0.15, -0.1) is 0 Å². The summed E-state index contributed by atoms with van der Waals surface area (Å²) in [5.74, 6) is 0.590. The minimum absolute atomic E-state index is 0.134. The van der Waals surface area contributed by atoms with E-state index in [1.54, 1.807) is 30.3 Å². The van der Waals surface area contributed by atoms with Crippen molar-refractivity contribution in [3.63, 3.8) is 0 Å². The summed E-state index contributed by atoms with van der Waals surface area (Å²) < 4.78 is 5.57. The van der Waals surface area contributed by atoms with Crippen molar-refractivity contribution in [2.45, 2.75) is 13.3 Å². The number of anilines is 3. The monoisotopic (exact) mass is 440 g/mol. The van der Waals surface area contributed by atoms with Crippen molar-refractivity contribution in [2.24, 2.45) is 0 Å². The first kappa shape index (κ1) is 21.8. The number of amides is 1. The number of carbonyl (C=O) groups excluding carboxylic acids is 1. The molecule has 0 bridgehead atoms. The minimum atomic E-state index is -0.134. The van der Waals surface area contributed by atoms with Gasteiger partial charge in [-0.25, -0.2) is 0 Å². The molecule has 0 fully saturated rings. The summed E-state index contributed by atoms with van der Waals surface area (Å²) in [5, 5.41) is 7.17. The van der Waals surface area contributed by atoms with Crippen LogP contribution in [0, 0.1) is 0 Å². The lowest BCUT2D eigenvalue weighted by molar-refractivity contribution is -0.115. The Balaban J connectivity index is 1.67. The number of para-hydroxylation sites is 2. The number of rotatable bonds is 8. The molecule has 0 aliphatic carbocycles. The van der Waals surface area contributed by atoms with Crippen molar-refractivity contribution in [1.29, 1.82) is 0 Å². The Bertz CT molecular complexity index is 1030. The van der Waals surface area contributed by atoms with E-state index in [-0.39, 0.29) is 12.3 Å². The molecular weight excluding hydrogens is 419 g/mol. The fourth-order valence-corrected chi connectivity index (χ4v) is 3.26. The predicted octanol–water partition coefficient (Wildman–Crippen LogP) is 6.87. The average molecular weight is 441 g/mol. The van der Waals surface area contributed by atoms with Crippen molar-refractivity contribution < 1.29 is 9.53 Å². The van der Waals surface area contributed by atoms with Gasteiger partial charge in [0.25, 0.3) is 0 Å². The van der Waals surface area contributed by atoms with Crippen LogP contribution in [0.2, 0.25) is 10.0 Å². The molecule has 0 aliphatic rings. The standard InChI is InChI=1S/C24H22Cl2N2O2/c1-16(2)15-30-19-12-10-18(11-13-19)27-23(29)14-17-6-3-4-9-22(17)28-24-20(25)7-5-8-21(24)26/h3-13,28H,1,14-15H2,2H3,(H,27,29). The summed E-state index contributed by atoms with van der Waals surface area (Å²) in [4.78, 5) is 12.6. The molecule has 30 heavy (non-hydrogen) atoms. The van der Waals surface area contributed by atoms with Crippen LogP contribution in [0.25, 0.3) is 0 Å². The highest BCUT2D eigenvalue weighted by Gasteiger charge is 2.11. The fourth-order valence-electron chi connectivity index (χ4n) is 2.77. The van der Waals surface area contributed by atoms with Crippen molar-refractivity contribution in [1.82, 2.24) is 0 Å². The van der Waals surface area contributed by atoms with Crippen LogP contribution in [0.1, 0.15) is 12.5 Å². The highest BCUT2D eigenvalue weighted by atomic mass is 35.5. The zero-order chi connectivity index (χ0) is 21.5. The van der Waals surface area contributed by atoms with E-state index in [0.29, 0.717) is 28.0 Å². The first-order valence-electron chi connectivity index (χ1n) is 9.38. The maximum absolute atomic E-state index is 12.6. The van der Waals surface area contributed by atoms with Crippen molar-refractivity contribution >= 4 is 46.2 Å². The number of nitrogens with one attached hydrogen (secondary N) is 2. The molecule has 3 rings (SSSR count). The zero-order valence-corrected chi connectivity index (χ0v) is 18.1. The Kier molecular flexibility index (Phi) is 7.39. The van der Waals surface area contributed by atoms with Gasteiger partial charge in [-0.1, -0.05) is 54.0 Å². The third-order valence-corrected chi connectivity index (χ3v) is 4.84. The van der Waals surface area contributed by atoms with Crippen LogP contribution in [-0.4, -0.2) is 12.5 Å². The van der Waals surface area contributed by atoms with Crippen molar-refractivity contribution in [2.75, 3.05) is 17.2 Å². The molecule has 1 amide bonds. The lowest BCUT2D eigenvalue weighted by Crippen LogP contribution is -2.15. The van der Waals surface area contributed by atoms with Gasteiger partial charge >= 0.3 is 0 Å². The van der Waals surface area contributed by atoms with E-state index in [0.717, 1.165) is 22.6 Å². The van der Waals surface area contributed by atoms with Gasteiger partial charge in [0.15, 0.2) is 0 Å². The van der Waals surface area contributed by atoms with Gasteiger partial charge in [-0.2, -0.15) is 0 Å². The quantitative estimate of drug-likeness (QED) is 0.375. The summed E-state index contributed by atoms with van der Waals surface area (Å²) in [7, 11) is 0. The Morgan fingerprint density at radius 1 is 0.967 bits per heavy atom. The molecule has 0 atom stereocenters. The number of carbonyl (C=O) groups is 1. The molecule has 3 aromatic rings. The minimum Gasteiger partial charge on any atom is -0.489 e. The number of halogens is 2. The lowest BCUT2D eigenvalue weighted by atomic mass is 10.1. The molecule has 4 nitrogen and oxygen atoms in total. The molecule has 154 valence electrons. The van der Waals surface area contributed by atoms with E-state index >= 15 is 0 Å². The van der Waals surface area contributed by atoms with Gasteiger partial charge in [-0.3, -0.25) is 4.79 Å². The van der Waals surface area contributed by atoms with Crippen LogP contribution in [0.4, 0.5) is 17.1 Å². The third-order valence-electron chi connectivity index (χ3n) is 4.21. The maximum Gasteiger partial charge on any atom is 0.228 e. The van der Waals surface area contributed by atoms with Gasteiger partial charge in [0.2, 0.25) is 5.91 Å². The molecular formula is C24H22Cl2N2O2. The number of ether oxygens (including phenoxy) is 1. The number of hydrogen-bond acceptors (Lipinski definition) is 3. The van der Waals surface area contributed by atoms with E-state index in [1.165, 1.54) is 0 Å². The summed E-state index contributed by atoms with van der Waals surface area (Å²) in [6, 6.07) is 20.1. The molecule has 0 radical (unpaired) electrons. The first-order chi connectivity index (χ1) is 14.4. The van der Waals surface area contributed by atoms with Gasteiger partial charge in [0, 0.05) is 11.4 Å². The summed E-state index contributed by atoms with van der Waals surface area (Å²) in [5.41, 5.74) is 3.85. The van der Waals surface area contributed by atoms with E-state index < -0.39 is 0 Å². The van der Waals surface area contributed by atoms with Gasteiger partial charge < -0.3 is 15.4 Å². The van der Waals surface area contributed by atoms with Crippen LogP contribution in [0.5, 0.6) is 5.75 Å². The van der Waals surface area contributed by atoms with Crippen LogP contribution in [0.15, 0.2) is 78.9 Å². The van der Waals surface area contributed by atoms with Crippen LogP contribution < -0.4 is 15.4 Å². The maximum atomic E-state index is 12.6. The van der Waals surface area contributed by atoms with E-state index in [2.05, 4.69) is 17.2 Å².